The molecule has 0 aliphatic heterocycles. The van der Waals surface area contributed by atoms with Crippen LogP contribution in [-0.2, 0) is 4.74 Å². The summed E-state index contributed by atoms with van der Waals surface area (Å²) < 4.78 is 4.55. The van der Waals surface area contributed by atoms with Gasteiger partial charge in [0.15, 0.2) is 0 Å². The highest BCUT2D eigenvalue weighted by atomic mass is 16.5. The van der Waals surface area contributed by atoms with E-state index in [2.05, 4.69) is 4.74 Å². The fraction of sp³-hybridized carbons (Fsp3) is 0.294. The summed E-state index contributed by atoms with van der Waals surface area (Å²) in [5.74, 6) is 0.690. The van der Waals surface area contributed by atoms with Crippen LogP contribution in [0.1, 0.15) is 12.5 Å². The van der Waals surface area contributed by atoms with Gasteiger partial charge in [-0.15, -0.1) is 0 Å². The predicted octanol–water partition coefficient (Wildman–Crippen LogP) is 3.11. The molecular formula is C17H24O4. The Labute approximate surface area is 126 Å². The Morgan fingerprint density at radius 2 is 1.48 bits per heavy atom. The van der Waals surface area contributed by atoms with Crippen LogP contribution in [-0.4, -0.2) is 35.1 Å². The summed E-state index contributed by atoms with van der Waals surface area (Å²) >= 11 is 0. The molecule has 0 fully saturated rings. The van der Waals surface area contributed by atoms with E-state index in [1.165, 1.54) is 0 Å². The minimum absolute atomic E-state index is 0.322. The number of methoxy groups -OCH3 is 1. The molecule has 0 amide bonds. The number of phenolic OH excluding ortho intramolecular Hbond substituents is 2. The molecule has 0 aromatic heterocycles. The normalized spacial score (nSPS) is 10.5. The van der Waals surface area contributed by atoms with Gasteiger partial charge in [-0.1, -0.05) is 36.4 Å². The highest BCUT2D eigenvalue weighted by Crippen LogP contribution is 2.12. The van der Waals surface area contributed by atoms with E-state index in [0.29, 0.717) is 18.1 Å². The van der Waals surface area contributed by atoms with Gasteiger partial charge in [-0.05, 0) is 37.6 Å². The van der Waals surface area contributed by atoms with E-state index < -0.39 is 0 Å². The van der Waals surface area contributed by atoms with Crippen LogP contribution < -0.4 is 0 Å². The van der Waals surface area contributed by atoms with Crippen LogP contribution in [0.15, 0.2) is 54.6 Å². The van der Waals surface area contributed by atoms with E-state index >= 15 is 0 Å². The van der Waals surface area contributed by atoms with Crippen molar-refractivity contribution >= 4 is 0 Å². The van der Waals surface area contributed by atoms with Gasteiger partial charge in [0.1, 0.15) is 11.5 Å². The van der Waals surface area contributed by atoms with Crippen molar-refractivity contribution in [3.8, 4) is 11.5 Å². The van der Waals surface area contributed by atoms with Crippen molar-refractivity contribution in [2.75, 3.05) is 13.7 Å². The SMILES string of the molecule is COCC(C)O.Cc1ccccc1O.Oc1ccccc1. The summed E-state index contributed by atoms with van der Waals surface area (Å²) in [6.45, 7) is 3.98. The first-order chi connectivity index (χ1) is 9.97. The molecule has 21 heavy (non-hydrogen) atoms. The van der Waals surface area contributed by atoms with Crippen LogP contribution in [0.2, 0.25) is 0 Å². The third kappa shape index (κ3) is 11.5. The first-order valence-electron chi connectivity index (χ1n) is 6.63. The summed E-state index contributed by atoms with van der Waals surface area (Å²) in [6, 6.07) is 16.0. The first-order valence-corrected chi connectivity index (χ1v) is 6.63. The second-order valence-corrected chi connectivity index (χ2v) is 4.43. The smallest absolute Gasteiger partial charge is 0.118 e. The third-order valence-corrected chi connectivity index (χ3v) is 2.28. The van der Waals surface area contributed by atoms with Crippen molar-refractivity contribution in [3.05, 3.63) is 60.2 Å². The number of aliphatic hydroxyl groups excluding tert-OH is 1. The van der Waals surface area contributed by atoms with Gasteiger partial charge in [-0.25, -0.2) is 0 Å². The van der Waals surface area contributed by atoms with Gasteiger partial charge < -0.3 is 20.1 Å². The van der Waals surface area contributed by atoms with Crippen molar-refractivity contribution in [1.29, 1.82) is 0 Å². The van der Waals surface area contributed by atoms with Gasteiger partial charge in [-0.3, -0.25) is 0 Å². The maximum Gasteiger partial charge on any atom is 0.118 e. The maximum atomic E-state index is 8.92. The molecule has 2 rings (SSSR count). The molecular weight excluding hydrogens is 268 g/mol. The molecule has 0 radical (unpaired) electrons. The largest absolute Gasteiger partial charge is 0.508 e. The zero-order valence-corrected chi connectivity index (χ0v) is 12.7. The van der Waals surface area contributed by atoms with Gasteiger partial charge in [0, 0.05) is 7.11 Å². The molecule has 4 nitrogen and oxygen atoms in total. The van der Waals surface area contributed by atoms with E-state index in [1.807, 2.05) is 31.2 Å². The minimum atomic E-state index is -0.324. The number of phenols is 2. The average molecular weight is 292 g/mol. The number of hydrogen-bond acceptors (Lipinski definition) is 4. The maximum absolute atomic E-state index is 8.92. The molecule has 3 N–H and O–H groups in total. The van der Waals surface area contributed by atoms with Gasteiger partial charge >= 0.3 is 0 Å². The summed E-state index contributed by atoms with van der Waals surface area (Å²) in [5.41, 5.74) is 0.924. The van der Waals surface area contributed by atoms with E-state index in [-0.39, 0.29) is 6.10 Å². The third-order valence-electron chi connectivity index (χ3n) is 2.28. The minimum Gasteiger partial charge on any atom is -0.508 e. The van der Waals surface area contributed by atoms with Crippen molar-refractivity contribution in [1.82, 2.24) is 0 Å². The zero-order chi connectivity index (χ0) is 16.1. The molecule has 4 heteroatoms. The number of benzene rings is 2. The van der Waals surface area contributed by atoms with E-state index in [1.54, 1.807) is 44.4 Å². The summed E-state index contributed by atoms with van der Waals surface area (Å²) in [7, 11) is 1.56. The van der Waals surface area contributed by atoms with Crippen molar-refractivity contribution in [3.63, 3.8) is 0 Å². The van der Waals surface area contributed by atoms with Gasteiger partial charge in [0.2, 0.25) is 0 Å². The van der Waals surface area contributed by atoms with E-state index in [4.69, 9.17) is 15.3 Å². The second kappa shape index (κ2) is 11.8. The Balaban J connectivity index is 0.000000290. The Hall–Kier alpha value is -2.04. The molecule has 0 heterocycles. The van der Waals surface area contributed by atoms with E-state index in [0.717, 1.165) is 5.56 Å². The molecule has 1 atom stereocenters. The van der Waals surface area contributed by atoms with Crippen LogP contribution in [0.4, 0.5) is 0 Å². The Morgan fingerprint density at radius 1 is 0.952 bits per heavy atom. The lowest BCUT2D eigenvalue weighted by molar-refractivity contribution is 0.0765. The number of aryl methyl sites for hydroxylation is 1. The second-order valence-electron chi connectivity index (χ2n) is 4.43. The Bertz CT molecular complexity index is 448. The first kappa shape index (κ1) is 19.0. The predicted molar refractivity (Wildman–Crippen MR) is 84.5 cm³/mol. The molecule has 0 saturated heterocycles. The van der Waals surface area contributed by atoms with Gasteiger partial charge in [0.25, 0.3) is 0 Å². The quantitative estimate of drug-likeness (QED) is 0.795. The van der Waals surface area contributed by atoms with E-state index in [9.17, 15) is 0 Å². The highest BCUT2D eigenvalue weighted by Gasteiger charge is 1.87. The van der Waals surface area contributed by atoms with Crippen LogP contribution >= 0.6 is 0 Å². The van der Waals surface area contributed by atoms with Crippen LogP contribution in [0, 0.1) is 6.92 Å². The molecule has 1 unspecified atom stereocenters. The van der Waals surface area contributed by atoms with Gasteiger partial charge in [-0.2, -0.15) is 0 Å². The molecule has 0 aliphatic rings. The number of ether oxygens (including phenoxy) is 1. The standard InChI is InChI=1S/C7H8O.C6H6O.C4H10O2/c1-6-4-2-3-5-7(6)8;7-6-4-2-1-3-5-6;1-4(5)3-6-2/h2-5,8H,1H3;1-5,7H;4-5H,3H2,1-2H3. The molecule has 0 saturated carbocycles. The lowest BCUT2D eigenvalue weighted by Crippen LogP contribution is -2.07. The topological polar surface area (TPSA) is 69.9 Å². The Kier molecular flexibility index (Phi) is 10.6. The molecule has 2 aromatic carbocycles. The average Bonchev–Trinajstić information content (AvgIpc) is 2.44. The van der Waals surface area contributed by atoms with Crippen LogP contribution in [0.5, 0.6) is 11.5 Å². The number of aromatic hydroxyl groups is 2. The van der Waals surface area contributed by atoms with Crippen LogP contribution in [0.25, 0.3) is 0 Å². The summed E-state index contributed by atoms with van der Waals surface area (Å²) in [5, 5.41) is 26.0. The monoisotopic (exact) mass is 292 g/mol. The number of para-hydroxylation sites is 2. The molecule has 116 valence electrons. The molecule has 0 bridgehead atoms. The van der Waals surface area contributed by atoms with Crippen molar-refractivity contribution in [2.45, 2.75) is 20.0 Å². The molecule has 0 aliphatic carbocycles. The number of hydrogen-bond donors (Lipinski definition) is 3. The Morgan fingerprint density at radius 3 is 1.71 bits per heavy atom. The lowest BCUT2D eigenvalue weighted by Gasteiger charge is -1.97. The summed E-state index contributed by atoms with van der Waals surface area (Å²) in [6.07, 6.45) is -0.324. The fourth-order valence-electron chi connectivity index (χ4n) is 1.23. The van der Waals surface area contributed by atoms with Crippen molar-refractivity contribution < 1.29 is 20.1 Å². The number of rotatable bonds is 2. The zero-order valence-electron chi connectivity index (χ0n) is 12.7. The fourth-order valence-corrected chi connectivity index (χ4v) is 1.23. The van der Waals surface area contributed by atoms with Crippen molar-refractivity contribution in [2.24, 2.45) is 0 Å². The molecule has 2 aromatic rings. The summed E-state index contributed by atoms with van der Waals surface area (Å²) in [4.78, 5) is 0. The number of aliphatic hydroxyl groups is 1. The van der Waals surface area contributed by atoms with Gasteiger partial charge in [0.05, 0.1) is 12.7 Å². The van der Waals surface area contributed by atoms with Crippen LogP contribution in [0.3, 0.4) is 0 Å². The highest BCUT2D eigenvalue weighted by molar-refractivity contribution is 5.29. The molecule has 0 spiro atoms. The lowest BCUT2D eigenvalue weighted by atomic mass is 10.2.